The monoisotopic (exact) mass is 191 g/mol. The van der Waals surface area contributed by atoms with Crippen molar-refractivity contribution < 1.29 is 21.6 Å². The van der Waals surface area contributed by atoms with Gasteiger partial charge in [0.1, 0.15) is 0 Å². The van der Waals surface area contributed by atoms with Gasteiger partial charge >= 0.3 is 5.51 Å². The summed E-state index contributed by atoms with van der Waals surface area (Å²) in [5, 5.41) is 0. The molecule has 0 aliphatic rings. The van der Waals surface area contributed by atoms with E-state index in [9.17, 15) is 21.6 Å². The molecule has 0 aliphatic heterocycles. The Morgan fingerprint density at radius 1 is 1.45 bits per heavy atom. The Morgan fingerprint density at radius 3 is 1.91 bits per heavy atom. The molecule has 2 N–H and O–H groups in total. The smallest absolute Gasteiger partial charge is 0.327 e. The van der Waals surface area contributed by atoms with E-state index in [0.717, 1.165) is 0 Å². The number of hydrogen-bond donors (Lipinski definition) is 1. The summed E-state index contributed by atoms with van der Waals surface area (Å²) in [4.78, 5) is 0. The van der Waals surface area contributed by atoms with Crippen LogP contribution in [0.2, 0.25) is 0 Å². The minimum Gasteiger partial charge on any atom is -0.327 e. The largest absolute Gasteiger partial charge is 0.497 e. The summed E-state index contributed by atoms with van der Waals surface area (Å²) in [6.07, 6.45) is 0. The summed E-state index contributed by atoms with van der Waals surface area (Å²) in [7, 11) is -5.02. The molecule has 0 aliphatic carbocycles. The van der Waals surface area contributed by atoms with Crippen molar-refractivity contribution in [3.05, 3.63) is 0 Å². The molecular weight excluding hydrogens is 183 g/mol. The average molecular weight is 191 g/mol. The van der Waals surface area contributed by atoms with Gasteiger partial charge in [-0.05, 0) is 6.92 Å². The van der Waals surface area contributed by atoms with E-state index in [-0.39, 0.29) is 0 Å². The zero-order valence-electron chi connectivity index (χ0n) is 5.72. The molecule has 0 saturated carbocycles. The summed E-state index contributed by atoms with van der Waals surface area (Å²) < 4.78 is 55.2. The fourth-order valence-electron chi connectivity index (χ4n) is 0.441. The molecule has 1 unspecified atom stereocenters. The second-order valence-corrected chi connectivity index (χ2v) is 4.23. The van der Waals surface area contributed by atoms with Crippen LogP contribution in [0.25, 0.3) is 0 Å². The lowest BCUT2D eigenvalue weighted by molar-refractivity contribution is -0.0436. The van der Waals surface area contributed by atoms with Gasteiger partial charge in [-0.3, -0.25) is 0 Å². The van der Waals surface area contributed by atoms with Crippen LogP contribution in [0.1, 0.15) is 6.92 Å². The highest BCUT2D eigenvalue weighted by atomic mass is 32.2. The zero-order chi connectivity index (χ0) is 9.28. The van der Waals surface area contributed by atoms with E-state index < -0.39 is 27.1 Å². The molecular formula is C4H8F3NO2S. The molecule has 0 aromatic heterocycles. The first-order valence-corrected chi connectivity index (χ1v) is 4.36. The topological polar surface area (TPSA) is 60.2 Å². The summed E-state index contributed by atoms with van der Waals surface area (Å²) >= 11 is 0. The second-order valence-electron chi connectivity index (χ2n) is 2.20. The predicted molar refractivity (Wildman–Crippen MR) is 33.5 cm³/mol. The van der Waals surface area contributed by atoms with Gasteiger partial charge in [-0.15, -0.1) is 0 Å². The van der Waals surface area contributed by atoms with Crippen LogP contribution in [0.5, 0.6) is 0 Å². The number of nitrogens with two attached hydrogens (primary N) is 1. The van der Waals surface area contributed by atoms with Crippen molar-refractivity contribution in [2.45, 2.75) is 18.5 Å². The minimum atomic E-state index is -5.18. The summed E-state index contributed by atoms with van der Waals surface area (Å²) in [5.74, 6) is -1.06. The van der Waals surface area contributed by atoms with Gasteiger partial charge < -0.3 is 5.73 Å². The molecule has 68 valence electrons. The Hall–Kier alpha value is -0.300. The molecule has 0 rings (SSSR count). The second kappa shape index (κ2) is 2.98. The lowest BCUT2D eigenvalue weighted by atomic mass is 10.4. The maximum atomic E-state index is 11.6. The molecule has 0 spiro atoms. The molecule has 0 aromatic carbocycles. The van der Waals surface area contributed by atoms with Crippen molar-refractivity contribution in [1.82, 2.24) is 0 Å². The molecule has 0 aromatic rings. The average Bonchev–Trinajstić information content (AvgIpc) is 1.56. The van der Waals surface area contributed by atoms with Crippen LogP contribution >= 0.6 is 0 Å². The van der Waals surface area contributed by atoms with Crippen LogP contribution in [-0.4, -0.2) is 25.7 Å². The van der Waals surface area contributed by atoms with Gasteiger partial charge in [0, 0.05) is 6.04 Å². The van der Waals surface area contributed by atoms with Gasteiger partial charge in [0.2, 0.25) is 9.84 Å². The lowest BCUT2D eigenvalue weighted by Crippen LogP contribution is -2.34. The standard InChI is InChI=1S/C4H8F3NO2S/c1-3(8)2-11(9,10)4(5,6)7/h3H,2,8H2,1H3. The highest BCUT2D eigenvalue weighted by Gasteiger charge is 2.45. The third-order valence-corrected chi connectivity index (χ3v) is 2.50. The van der Waals surface area contributed by atoms with Crippen LogP contribution in [0, 0.1) is 0 Å². The van der Waals surface area contributed by atoms with Gasteiger partial charge in [-0.1, -0.05) is 0 Å². The first kappa shape index (κ1) is 10.7. The van der Waals surface area contributed by atoms with Crippen LogP contribution in [0.4, 0.5) is 13.2 Å². The summed E-state index contributed by atoms with van der Waals surface area (Å²) in [6.45, 7) is 1.20. The first-order valence-electron chi connectivity index (χ1n) is 2.71. The van der Waals surface area contributed by atoms with Crippen LogP contribution < -0.4 is 5.73 Å². The van der Waals surface area contributed by atoms with E-state index in [1.54, 1.807) is 0 Å². The normalized spacial score (nSPS) is 16.5. The predicted octanol–water partition coefficient (Wildman–Crippen LogP) is 0.268. The van der Waals surface area contributed by atoms with Crippen LogP contribution in [0.15, 0.2) is 0 Å². The highest BCUT2D eigenvalue weighted by molar-refractivity contribution is 7.92. The maximum Gasteiger partial charge on any atom is 0.497 e. The third-order valence-electron chi connectivity index (χ3n) is 0.835. The van der Waals surface area contributed by atoms with Crippen molar-refractivity contribution in [1.29, 1.82) is 0 Å². The third kappa shape index (κ3) is 3.06. The van der Waals surface area contributed by atoms with E-state index in [4.69, 9.17) is 5.73 Å². The molecule has 0 radical (unpaired) electrons. The number of halogens is 3. The molecule has 0 bridgehead atoms. The van der Waals surface area contributed by atoms with Gasteiger partial charge in [-0.2, -0.15) is 13.2 Å². The SMILES string of the molecule is CC(N)CS(=O)(=O)C(F)(F)F. The van der Waals surface area contributed by atoms with E-state index in [0.29, 0.717) is 0 Å². The van der Waals surface area contributed by atoms with E-state index in [2.05, 4.69) is 0 Å². The molecule has 0 saturated heterocycles. The molecule has 0 amide bonds. The Morgan fingerprint density at radius 2 is 1.82 bits per heavy atom. The van der Waals surface area contributed by atoms with Crippen molar-refractivity contribution >= 4 is 9.84 Å². The van der Waals surface area contributed by atoms with E-state index in [1.807, 2.05) is 0 Å². The number of rotatable bonds is 2. The van der Waals surface area contributed by atoms with E-state index in [1.165, 1.54) is 6.92 Å². The van der Waals surface area contributed by atoms with Crippen molar-refractivity contribution in [2.75, 3.05) is 5.75 Å². The quantitative estimate of drug-likeness (QED) is 0.681. The fourth-order valence-corrected chi connectivity index (χ4v) is 1.32. The molecule has 0 fully saturated rings. The lowest BCUT2D eigenvalue weighted by Gasteiger charge is -2.09. The molecule has 3 nitrogen and oxygen atoms in total. The number of sulfone groups is 1. The maximum absolute atomic E-state index is 11.6. The van der Waals surface area contributed by atoms with Crippen molar-refractivity contribution in [2.24, 2.45) is 5.73 Å². The first-order chi connectivity index (χ1) is 4.67. The molecule has 1 atom stereocenters. The molecule has 11 heavy (non-hydrogen) atoms. The Balaban J connectivity index is 4.51. The Kier molecular flexibility index (Phi) is 2.90. The number of alkyl halides is 3. The van der Waals surface area contributed by atoms with Crippen molar-refractivity contribution in [3.8, 4) is 0 Å². The van der Waals surface area contributed by atoms with Crippen LogP contribution in [0.3, 0.4) is 0 Å². The Labute approximate surface area is 62.3 Å². The molecule has 0 heterocycles. The minimum absolute atomic E-state index is 0.998. The Bertz CT molecular complexity index is 218. The molecule has 7 heteroatoms. The number of hydrogen-bond acceptors (Lipinski definition) is 3. The van der Waals surface area contributed by atoms with Crippen LogP contribution in [-0.2, 0) is 9.84 Å². The fraction of sp³-hybridized carbons (Fsp3) is 1.00. The van der Waals surface area contributed by atoms with Gasteiger partial charge in [0.15, 0.2) is 0 Å². The highest BCUT2D eigenvalue weighted by Crippen LogP contribution is 2.23. The van der Waals surface area contributed by atoms with Gasteiger partial charge in [0.05, 0.1) is 5.75 Å². The van der Waals surface area contributed by atoms with E-state index >= 15 is 0 Å². The van der Waals surface area contributed by atoms with Crippen molar-refractivity contribution in [3.63, 3.8) is 0 Å². The summed E-state index contributed by atoms with van der Waals surface area (Å²) in [5.41, 5.74) is -0.284. The zero-order valence-corrected chi connectivity index (χ0v) is 6.54. The summed E-state index contributed by atoms with van der Waals surface area (Å²) in [6, 6.07) is -0.998. The van der Waals surface area contributed by atoms with Gasteiger partial charge in [-0.25, -0.2) is 8.42 Å². The van der Waals surface area contributed by atoms with Gasteiger partial charge in [0.25, 0.3) is 0 Å².